The molecule has 1 saturated heterocycles. The zero-order valence-corrected chi connectivity index (χ0v) is 49.0. The van der Waals surface area contributed by atoms with Crippen molar-refractivity contribution in [2.45, 2.75) is 345 Å². The largest absolute Gasteiger partial charge is 0.394 e. The summed E-state index contributed by atoms with van der Waals surface area (Å²) in [7, 11) is 0. The Balaban J connectivity index is 2.30. The molecule has 0 aromatic heterocycles. The standard InChI is InChI=1S/C65H121NO10/c1-3-5-7-9-11-13-15-17-19-21-23-25-26-27-28-29-30-31-32-33-35-36-38-40-42-44-46-48-50-52-57(68)60(70)56(55-75-65-63(73)62(72)61(71)59(54-67)76-65)66-64(74)58(69)53-51-49-47-45-43-41-39-37-34-24-22-20-18-16-14-12-10-8-6-4-2/h31-32,34,36-38,44,46,56-63,65,67-73H,3-30,33,35,39-43,45,47-55H2,1-2H3,(H,66,74)/b32-31+,37-34-,38-36+,46-44+. The van der Waals surface area contributed by atoms with E-state index in [1.165, 1.54) is 180 Å². The van der Waals surface area contributed by atoms with E-state index in [0.29, 0.717) is 19.3 Å². The van der Waals surface area contributed by atoms with Crippen LogP contribution in [0.25, 0.3) is 0 Å². The molecule has 1 heterocycles. The van der Waals surface area contributed by atoms with Crippen LogP contribution in [0.3, 0.4) is 0 Å². The summed E-state index contributed by atoms with van der Waals surface area (Å²) >= 11 is 0. The molecule has 1 rings (SSSR count). The molecule has 1 aliphatic rings. The molecule has 1 aliphatic heterocycles. The third-order valence-electron chi connectivity index (χ3n) is 15.3. The minimum absolute atomic E-state index is 0.239. The Morgan fingerprint density at radius 3 is 1.17 bits per heavy atom. The first-order valence-corrected chi connectivity index (χ1v) is 32.0. The van der Waals surface area contributed by atoms with E-state index in [9.17, 15) is 40.5 Å². The second-order valence-corrected chi connectivity index (χ2v) is 22.5. The van der Waals surface area contributed by atoms with E-state index < -0.39 is 74.2 Å². The molecule has 1 fully saturated rings. The molecule has 0 bridgehead atoms. The maximum absolute atomic E-state index is 13.2. The lowest BCUT2D eigenvalue weighted by atomic mass is 9.98. The number of ether oxygens (including phenoxy) is 2. The van der Waals surface area contributed by atoms with Gasteiger partial charge in [0, 0.05) is 0 Å². The zero-order valence-electron chi connectivity index (χ0n) is 49.0. The molecule has 11 heteroatoms. The summed E-state index contributed by atoms with van der Waals surface area (Å²) in [5.41, 5.74) is 0. The van der Waals surface area contributed by atoms with E-state index in [4.69, 9.17) is 9.47 Å². The summed E-state index contributed by atoms with van der Waals surface area (Å²) in [6.45, 7) is 3.46. The average molecular weight is 1080 g/mol. The maximum Gasteiger partial charge on any atom is 0.249 e. The molecule has 0 radical (unpaired) electrons. The van der Waals surface area contributed by atoms with Gasteiger partial charge in [-0.1, -0.05) is 249 Å². The Labute approximate surface area is 466 Å². The van der Waals surface area contributed by atoms with Gasteiger partial charge in [0.1, 0.15) is 36.6 Å². The van der Waals surface area contributed by atoms with E-state index in [0.717, 1.165) is 64.2 Å². The Bertz CT molecular complexity index is 1370. The first-order valence-electron chi connectivity index (χ1n) is 32.0. The predicted molar refractivity (Wildman–Crippen MR) is 316 cm³/mol. The highest BCUT2D eigenvalue weighted by Gasteiger charge is 2.44. The lowest BCUT2D eigenvalue weighted by molar-refractivity contribution is -0.303. The van der Waals surface area contributed by atoms with Gasteiger partial charge < -0.3 is 50.5 Å². The summed E-state index contributed by atoms with van der Waals surface area (Å²) in [6.07, 6.45) is 57.5. The van der Waals surface area contributed by atoms with Crippen molar-refractivity contribution in [1.29, 1.82) is 0 Å². The summed E-state index contributed by atoms with van der Waals surface area (Å²) < 4.78 is 11.1. The van der Waals surface area contributed by atoms with Crippen molar-refractivity contribution in [3.05, 3.63) is 48.6 Å². The number of aliphatic hydroxyl groups is 7. The number of hydrogen-bond donors (Lipinski definition) is 8. The maximum atomic E-state index is 13.2. The predicted octanol–water partition coefficient (Wildman–Crippen LogP) is 14.4. The molecule has 9 atom stereocenters. The summed E-state index contributed by atoms with van der Waals surface area (Å²) in [4.78, 5) is 13.2. The monoisotopic (exact) mass is 1080 g/mol. The molecule has 1 amide bonds. The van der Waals surface area contributed by atoms with Crippen LogP contribution in [0.5, 0.6) is 0 Å². The molecule has 76 heavy (non-hydrogen) atoms. The van der Waals surface area contributed by atoms with Crippen LogP contribution in [-0.4, -0.2) is 110 Å². The number of rotatable bonds is 55. The van der Waals surface area contributed by atoms with Crippen LogP contribution in [0, 0.1) is 0 Å². The second kappa shape index (κ2) is 53.7. The number of carbonyl (C=O) groups excluding carboxylic acids is 1. The van der Waals surface area contributed by atoms with Crippen molar-refractivity contribution >= 4 is 5.91 Å². The lowest BCUT2D eigenvalue weighted by Crippen LogP contribution is -2.60. The first kappa shape index (κ1) is 72.1. The topological polar surface area (TPSA) is 189 Å². The number of hydrogen-bond acceptors (Lipinski definition) is 10. The molecule has 11 nitrogen and oxygen atoms in total. The molecule has 0 aromatic carbocycles. The van der Waals surface area contributed by atoms with Crippen LogP contribution in [0.4, 0.5) is 0 Å². The molecule has 0 aliphatic carbocycles. The van der Waals surface area contributed by atoms with E-state index in [-0.39, 0.29) is 12.8 Å². The molecule has 446 valence electrons. The van der Waals surface area contributed by atoms with Crippen molar-refractivity contribution in [3.8, 4) is 0 Å². The van der Waals surface area contributed by atoms with E-state index in [1.807, 2.05) is 0 Å². The van der Waals surface area contributed by atoms with Gasteiger partial charge in [-0.25, -0.2) is 0 Å². The van der Waals surface area contributed by atoms with Gasteiger partial charge in [-0.3, -0.25) is 4.79 Å². The van der Waals surface area contributed by atoms with Crippen LogP contribution >= 0.6 is 0 Å². The summed E-state index contributed by atoms with van der Waals surface area (Å²) in [5, 5.41) is 76.2. The van der Waals surface area contributed by atoms with Gasteiger partial charge in [-0.15, -0.1) is 0 Å². The number of unbranched alkanes of at least 4 members (excludes halogenated alkanes) is 35. The lowest BCUT2D eigenvalue weighted by Gasteiger charge is -2.40. The SMILES string of the molecule is CCCCCCCCCCCC/C=C\CCCCCCCCC(O)C(=O)NC(COC1OC(CO)C(O)C(O)C1O)C(O)C(O)CCC/C=C/CC/C=C/CC/C=C/CCCCCCCCCCCCCCCCCC. The highest BCUT2D eigenvalue weighted by Crippen LogP contribution is 2.23. The smallest absolute Gasteiger partial charge is 0.249 e. The number of allylic oxidation sites excluding steroid dienone is 8. The van der Waals surface area contributed by atoms with Crippen LogP contribution in [-0.2, 0) is 14.3 Å². The molecule has 0 aromatic rings. The molecule has 8 N–H and O–H groups in total. The van der Waals surface area contributed by atoms with Crippen molar-refractivity contribution < 1.29 is 50.0 Å². The number of aliphatic hydroxyl groups excluding tert-OH is 7. The quantitative estimate of drug-likeness (QED) is 0.0215. The molecule has 0 spiro atoms. The van der Waals surface area contributed by atoms with E-state index in [2.05, 4.69) is 67.8 Å². The van der Waals surface area contributed by atoms with Gasteiger partial charge >= 0.3 is 0 Å². The average Bonchev–Trinajstić information content (AvgIpc) is 3.42. The Hall–Kier alpha value is -1.93. The fraction of sp³-hybridized carbons (Fsp3) is 0.862. The third kappa shape index (κ3) is 41.1. The van der Waals surface area contributed by atoms with Crippen LogP contribution in [0.15, 0.2) is 48.6 Å². The van der Waals surface area contributed by atoms with E-state index >= 15 is 0 Å². The first-order chi connectivity index (χ1) is 37.2. The number of nitrogens with one attached hydrogen (secondary N) is 1. The van der Waals surface area contributed by atoms with Crippen LogP contribution in [0.2, 0.25) is 0 Å². The van der Waals surface area contributed by atoms with Crippen molar-refractivity contribution in [3.63, 3.8) is 0 Å². The van der Waals surface area contributed by atoms with Crippen molar-refractivity contribution in [1.82, 2.24) is 5.32 Å². The molecule has 9 unspecified atom stereocenters. The van der Waals surface area contributed by atoms with Gasteiger partial charge in [0.05, 0.1) is 25.4 Å². The third-order valence-corrected chi connectivity index (χ3v) is 15.3. The van der Waals surface area contributed by atoms with Crippen LogP contribution in [0.1, 0.15) is 290 Å². The Morgan fingerprint density at radius 1 is 0.447 bits per heavy atom. The fourth-order valence-electron chi connectivity index (χ4n) is 10.1. The van der Waals surface area contributed by atoms with Gasteiger partial charge in [-0.05, 0) is 89.9 Å². The van der Waals surface area contributed by atoms with Gasteiger partial charge in [-0.2, -0.15) is 0 Å². The Morgan fingerprint density at radius 2 is 0.789 bits per heavy atom. The van der Waals surface area contributed by atoms with Crippen LogP contribution < -0.4 is 5.32 Å². The molecular formula is C65H121NO10. The van der Waals surface area contributed by atoms with E-state index in [1.54, 1.807) is 0 Å². The molecular weight excluding hydrogens is 955 g/mol. The fourth-order valence-corrected chi connectivity index (χ4v) is 10.1. The van der Waals surface area contributed by atoms with Gasteiger partial charge in [0.25, 0.3) is 0 Å². The Kier molecular flexibility index (Phi) is 50.9. The highest BCUT2D eigenvalue weighted by molar-refractivity contribution is 5.80. The minimum atomic E-state index is -1.68. The highest BCUT2D eigenvalue weighted by atomic mass is 16.7. The second-order valence-electron chi connectivity index (χ2n) is 22.5. The minimum Gasteiger partial charge on any atom is -0.394 e. The number of carbonyl (C=O) groups is 1. The van der Waals surface area contributed by atoms with Crippen molar-refractivity contribution in [2.24, 2.45) is 0 Å². The normalized spacial score (nSPS) is 19.9. The van der Waals surface area contributed by atoms with Gasteiger partial charge in [0.15, 0.2) is 6.29 Å². The number of amides is 1. The zero-order chi connectivity index (χ0) is 55.4. The molecule has 0 saturated carbocycles. The summed E-state index contributed by atoms with van der Waals surface area (Å²) in [6, 6.07) is -1.20. The van der Waals surface area contributed by atoms with Crippen molar-refractivity contribution in [2.75, 3.05) is 13.2 Å². The van der Waals surface area contributed by atoms with Gasteiger partial charge in [0.2, 0.25) is 5.91 Å². The summed E-state index contributed by atoms with van der Waals surface area (Å²) in [5.74, 6) is -0.715.